The molecule has 0 fully saturated rings. The highest BCUT2D eigenvalue weighted by Gasteiger charge is 2.05. The van der Waals surface area contributed by atoms with E-state index in [9.17, 15) is 0 Å². The van der Waals surface area contributed by atoms with Gasteiger partial charge in [-0.15, -0.1) is 10.2 Å². The smallest absolute Gasteiger partial charge is 0.223 e. The van der Waals surface area contributed by atoms with E-state index in [0.29, 0.717) is 5.82 Å². The highest BCUT2D eigenvalue weighted by atomic mass is 15.6. The molecule has 0 aromatic carbocycles. The van der Waals surface area contributed by atoms with Gasteiger partial charge in [-0.2, -0.15) is 4.80 Å². The third-order valence-corrected chi connectivity index (χ3v) is 2.02. The summed E-state index contributed by atoms with van der Waals surface area (Å²) in [6.07, 6.45) is 2.80. The summed E-state index contributed by atoms with van der Waals surface area (Å²) in [6, 6.07) is 3.89. The lowest BCUT2D eigenvalue weighted by Crippen LogP contribution is -2.01. The predicted octanol–water partition coefficient (Wildman–Crippen LogP) is 1.45. The number of tetrazole rings is 1. The first-order valence-corrected chi connectivity index (χ1v) is 5.00. The standard InChI is InChI=1S/C10H13N5/c1-3-6-15-13-10(12-14-15)9-5-4-8(2)7-11-9/h4-5,7H,3,6H2,1-2H3. The van der Waals surface area contributed by atoms with Crippen LogP contribution >= 0.6 is 0 Å². The van der Waals surface area contributed by atoms with Gasteiger partial charge in [0.1, 0.15) is 5.69 Å². The zero-order valence-corrected chi connectivity index (χ0v) is 8.88. The van der Waals surface area contributed by atoms with E-state index in [4.69, 9.17) is 0 Å². The van der Waals surface area contributed by atoms with E-state index >= 15 is 0 Å². The number of hydrogen-bond acceptors (Lipinski definition) is 4. The van der Waals surface area contributed by atoms with E-state index in [0.717, 1.165) is 24.2 Å². The lowest BCUT2D eigenvalue weighted by Gasteiger charge is -1.94. The van der Waals surface area contributed by atoms with Crippen LogP contribution in [0.2, 0.25) is 0 Å². The van der Waals surface area contributed by atoms with Crippen molar-refractivity contribution < 1.29 is 0 Å². The molecule has 78 valence electrons. The van der Waals surface area contributed by atoms with Gasteiger partial charge in [-0.05, 0) is 30.2 Å². The molecule has 2 rings (SSSR count). The fourth-order valence-corrected chi connectivity index (χ4v) is 1.24. The number of aryl methyl sites for hydroxylation is 2. The lowest BCUT2D eigenvalue weighted by atomic mass is 10.3. The van der Waals surface area contributed by atoms with E-state index in [2.05, 4.69) is 27.3 Å². The van der Waals surface area contributed by atoms with Gasteiger partial charge >= 0.3 is 0 Å². The van der Waals surface area contributed by atoms with Crippen molar-refractivity contribution in [3.05, 3.63) is 23.9 Å². The maximum Gasteiger partial charge on any atom is 0.223 e. The minimum absolute atomic E-state index is 0.587. The third kappa shape index (κ3) is 2.18. The maximum absolute atomic E-state index is 4.24. The van der Waals surface area contributed by atoms with Crippen LogP contribution in [0.15, 0.2) is 18.3 Å². The first-order chi connectivity index (χ1) is 7.29. The molecule has 0 aliphatic heterocycles. The number of rotatable bonds is 3. The summed E-state index contributed by atoms with van der Waals surface area (Å²) in [5.41, 5.74) is 1.89. The van der Waals surface area contributed by atoms with Crippen molar-refractivity contribution in [2.24, 2.45) is 0 Å². The minimum atomic E-state index is 0.587. The molecule has 0 atom stereocenters. The van der Waals surface area contributed by atoms with Crippen molar-refractivity contribution in [1.29, 1.82) is 0 Å². The van der Waals surface area contributed by atoms with Crippen molar-refractivity contribution in [1.82, 2.24) is 25.2 Å². The summed E-state index contributed by atoms with van der Waals surface area (Å²) in [6.45, 7) is 4.87. The van der Waals surface area contributed by atoms with E-state index in [1.54, 1.807) is 11.0 Å². The molecule has 0 unspecified atom stereocenters. The molecular formula is C10H13N5. The summed E-state index contributed by atoms with van der Waals surface area (Å²) in [7, 11) is 0. The molecule has 2 aromatic heterocycles. The Labute approximate surface area is 88.2 Å². The van der Waals surface area contributed by atoms with Crippen LogP contribution in [0, 0.1) is 6.92 Å². The molecule has 2 aromatic rings. The van der Waals surface area contributed by atoms with E-state index in [1.165, 1.54) is 0 Å². The van der Waals surface area contributed by atoms with Gasteiger partial charge in [0.25, 0.3) is 0 Å². The van der Waals surface area contributed by atoms with Crippen LogP contribution < -0.4 is 0 Å². The third-order valence-electron chi connectivity index (χ3n) is 2.02. The Morgan fingerprint density at radius 3 is 2.87 bits per heavy atom. The van der Waals surface area contributed by atoms with Crippen molar-refractivity contribution in [3.63, 3.8) is 0 Å². The largest absolute Gasteiger partial charge is 0.252 e. The van der Waals surface area contributed by atoms with Crippen LogP contribution in [-0.2, 0) is 6.54 Å². The Hall–Kier alpha value is -1.78. The van der Waals surface area contributed by atoms with Crippen LogP contribution in [0.3, 0.4) is 0 Å². The molecule has 0 saturated heterocycles. The van der Waals surface area contributed by atoms with Gasteiger partial charge in [0.15, 0.2) is 0 Å². The Morgan fingerprint density at radius 1 is 1.33 bits per heavy atom. The molecule has 2 heterocycles. The van der Waals surface area contributed by atoms with Crippen molar-refractivity contribution in [3.8, 4) is 11.5 Å². The average molecular weight is 203 g/mol. The summed E-state index contributed by atoms with van der Waals surface area (Å²) in [4.78, 5) is 5.84. The average Bonchev–Trinajstić information content (AvgIpc) is 2.68. The highest BCUT2D eigenvalue weighted by molar-refractivity contribution is 5.47. The fourth-order valence-electron chi connectivity index (χ4n) is 1.24. The number of aromatic nitrogens is 5. The monoisotopic (exact) mass is 203 g/mol. The van der Waals surface area contributed by atoms with Crippen LogP contribution in [0.25, 0.3) is 11.5 Å². The second-order valence-electron chi connectivity index (χ2n) is 3.43. The molecule has 0 aliphatic rings. The molecule has 0 bridgehead atoms. The van der Waals surface area contributed by atoms with Gasteiger partial charge in [0.05, 0.1) is 6.54 Å². The fraction of sp³-hybridized carbons (Fsp3) is 0.400. The Morgan fingerprint density at radius 2 is 2.20 bits per heavy atom. The molecule has 5 heteroatoms. The lowest BCUT2D eigenvalue weighted by molar-refractivity contribution is 0.515. The zero-order valence-electron chi connectivity index (χ0n) is 8.88. The Kier molecular flexibility index (Phi) is 2.71. The molecule has 0 saturated carbocycles. The molecule has 5 nitrogen and oxygen atoms in total. The second kappa shape index (κ2) is 4.16. The van der Waals surface area contributed by atoms with Crippen molar-refractivity contribution in [2.45, 2.75) is 26.8 Å². The van der Waals surface area contributed by atoms with Crippen LogP contribution in [0.1, 0.15) is 18.9 Å². The second-order valence-corrected chi connectivity index (χ2v) is 3.43. The van der Waals surface area contributed by atoms with E-state index in [1.807, 2.05) is 19.1 Å². The van der Waals surface area contributed by atoms with Gasteiger partial charge in [-0.3, -0.25) is 4.98 Å². The Balaban J connectivity index is 2.25. The topological polar surface area (TPSA) is 56.5 Å². The van der Waals surface area contributed by atoms with Crippen LogP contribution in [0.5, 0.6) is 0 Å². The Bertz CT molecular complexity index is 431. The van der Waals surface area contributed by atoms with Crippen molar-refractivity contribution in [2.75, 3.05) is 0 Å². The zero-order chi connectivity index (χ0) is 10.7. The molecule has 15 heavy (non-hydrogen) atoms. The summed E-state index contributed by atoms with van der Waals surface area (Å²) in [5.74, 6) is 0.587. The molecule has 0 amide bonds. The summed E-state index contributed by atoms with van der Waals surface area (Å²) < 4.78 is 0. The first kappa shape index (κ1) is 9.76. The first-order valence-electron chi connectivity index (χ1n) is 5.00. The van der Waals surface area contributed by atoms with Crippen LogP contribution in [-0.4, -0.2) is 25.2 Å². The molecule has 0 N–H and O–H groups in total. The van der Waals surface area contributed by atoms with E-state index in [-0.39, 0.29) is 0 Å². The van der Waals surface area contributed by atoms with Crippen LogP contribution in [0.4, 0.5) is 0 Å². The van der Waals surface area contributed by atoms with E-state index < -0.39 is 0 Å². The summed E-state index contributed by atoms with van der Waals surface area (Å²) in [5, 5.41) is 12.1. The normalized spacial score (nSPS) is 10.5. The number of pyridine rings is 1. The van der Waals surface area contributed by atoms with Gasteiger partial charge in [-0.1, -0.05) is 13.0 Å². The van der Waals surface area contributed by atoms with Gasteiger partial charge in [-0.25, -0.2) is 0 Å². The summed E-state index contributed by atoms with van der Waals surface area (Å²) >= 11 is 0. The molecule has 0 radical (unpaired) electrons. The van der Waals surface area contributed by atoms with Gasteiger partial charge in [0, 0.05) is 6.20 Å². The predicted molar refractivity (Wildman–Crippen MR) is 56.1 cm³/mol. The maximum atomic E-state index is 4.24. The number of hydrogen-bond donors (Lipinski definition) is 0. The highest BCUT2D eigenvalue weighted by Crippen LogP contribution is 2.09. The SMILES string of the molecule is CCCn1nnc(-c2ccc(C)cn2)n1. The number of nitrogens with zero attached hydrogens (tertiary/aromatic N) is 5. The minimum Gasteiger partial charge on any atom is -0.252 e. The van der Waals surface area contributed by atoms with Crippen molar-refractivity contribution >= 4 is 0 Å². The molecule has 0 spiro atoms. The van der Waals surface area contributed by atoms with Gasteiger partial charge < -0.3 is 0 Å². The molecular weight excluding hydrogens is 190 g/mol. The van der Waals surface area contributed by atoms with Gasteiger partial charge in [0.2, 0.25) is 5.82 Å². The molecule has 0 aliphatic carbocycles. The quantitative estimate of drug-likeness (QED) is 0.757.